The van der Waals surface area contributed by atoms with Gasteiger partial charge in [0.1, 0.15) is 5.75 Å². The lowest BCUT2D eigenvalue weighted by Crippen LogP contribution is -2.36. The van der Waals surface area contributed by atoms with Crippen LogP contribution in [0, 0.1) is 0 Å². The minimum atomic E-state index is -0.546. The Bertz CT molecular complexity index is 1140. The predicted octanol–water partition coefficient (Wildman–Crippen LogP) is 4.99. The Morgan fingerprint density at radius 2 is 1.85 bits per heavy atom. The van der Waals surface area contributed by atoms with Crippen LogP contribution >= 0.6 is 11.3 Å². The first kappa shape index (κ1) is 23.0. The number of hydrogen-bond acceptors (Lipinski definition) is 7. The van der Waals surface area contributed by atoms with Gasteiger partial charge >= 0.3 is 11.9 Å². The van der Waals surface area contributed by atoms with Crippen molar-refractivity contribution in [1.82, 2.24) is 5.32 Å². The Morgan fingerprint density at radius 1 is 1.12 bits per heavy atom. The molecule has 0 unspecified atom stereocenters. The molecule has 1 aromatic heterocycles. The molecular weight excluding hydrogens is 438 g/mol. The highest BCUT2D eigenvalue weighted by Gasteiger charge is 2.41. The number of ether oxygens (including phenoxy) is 2. The van der Waals surface area contributed by atoms with Gasteiger partial charge in [0.25, 0.3) is 0 Å². The first-order chi connectivity index (χ1) is 15.7. The quantitative estimate of drug-likeness (QED) is 0.495. The zero-order chi connectivity index (χ0) is 23.7. The molecule has 0 spiro atoms. The van der Waals surface area contributed by atoms with Crippen molar-refractivity contribution in [2.75, 3.05) is 0 Å². The summed E-state index contributed by atoms with van der Waals surface area (Å²) in [6.07, 6.45) is 0.813. The largest absolute Gasteiger partial charge is 0.460 e. The van der Waals surface area contributed by atoms with Crippen LogP contribution in [0.15, 0.2) is 64.3 Å². The Balaban J connectivity index is 1.77. The molecule has 1 aromatic carbocycles. The third-order valence-electron chi connectivity index (χ3n) is 5.81. The smallest absolute Gasteiger partial charge is 0.337 e. The van der Waals surface area contributed by atoms with Gasteiger partial charge < -0.3 is 14.8 Å². The molecule has 172 valence electrons. The van der Waals surface area contributed by atoms with Crippen molar-refractivity contribution in [3.63, 3.8) is 0 Å². The number of benzene rings is 1. The first-order valence-electron chi connectivity index (χ1n) is 11.0. The molecule has 7 heteroatoms. The standard InChI is InChI=1S/C26H27NO5S/c1-14(2)31-26(30)23-15(3)27-20-12-18(22-6-5-11-33-22)13-21(29)25(20)24(23)17-7-9-19(10-8-17)32-16(4)28/h5-11,14,18,24,27H,12-13H2,1-4H3/t18-,24+/m0/s1. The van der Waals surface area contributed by atoms with E-state index in [4.69, 9.17) is 9.47 Å². The van der Waals surface area contributed by atoms with Crippen LogP contribution in [0.1, 0.15) is 62.8 Å². The van der Waals surface area contributed by atoms with Crippen molar-refractivity contribution in [2.24, 2.45) is 0 Å². The van der Waals surface area contributed by atoms with Gasteiger partial charge in [-0.25, -0.2) is 4.79 Å². The fourth-order valence-electron chi connectivity index (χ4n) is 4.54. The van der Waals surface area contributed by atoms with E-state index in [1.54, 1.807) is 49.4 Å². The second-order valence-electron chi connectivity index (χ2n) is 8.65. The zero-order valence-corrected chi connectivity index (χ0v) is 20.0. The Morgan fingerprint density at radius 3 is 2.45 bits per heavy atom. The van der Waals surface area contributed by atoms with Crippen LogP contribution in [-0.4, -0.2) is 23.8 Å². The Labute approximate surface area is 197 Å². The normalized spacial score (nSPS) is 20.5. The van der Waals surface area contributed by atoms with Gasteiger partial charge in [-0.15, -0.1) is 11.3 Å². The number of ketones is 1. The lowest BCUT2D eigenvalue weighted by atomic mass is 9.72. The summed E-state index contributed by atoms with van der Waals surface area (Å²) in [5, 5.41) is 5.38. The highest BCUT2D eigenvalue weighted by molar-refractivity contribution is 7.10. The predicted molar refractivity (Wildman–Crippen MR) is 126 cm³/mol. The van der Waals surface area contributed by atoms with Crippen molar-refractivity contribution >= 4 is 29.1 Å². The number of thiophene rings is 1. The van der Waals surface area contributed by atoms with E-state index in [0.717, 1.165) is 11.3 Å². The van der Waals surface area contributed by atoms with E-state index in [-0.39, 0.29) is 17.8 Å². The molecule has 2 atom stereocenters. The van der Waals surface area contributed by atoms with Crippen molar-refractivity contribution in [3.8, 4) is 5.75 Å². The molecule has 0 fully saturated rings. The Hall–Kier alpha value is -3.19. The maximum atomic E-state index is 13.5. The van der Waals surface area contributed by atoms with Gasteiger partial charge in [0.2, 0.25) is 0 Å². The maximum absolute atomic E-state index is 13.5. The topological polar surface area (TPSA) is 81.7 Å². The van der Waals surface area contributed by atoms with Gasteiger partial charge in [-0.3, -0.25) is 9.59 Å². The van der Waals surface area contributed by atoms with E-state index in [9.17, 15) is 14.4 Å². The second-order valence-corrected chi connectivity index (χ2v) is 9.63. The van der Waals surface area contributed by atoms with E-state index in [2.05, 4.69) is 11.4 Å². The average Bonchev–Trinajstić information content (AvgIpc) is 3.27. The van der Waals surface area contributed by atoms with Crippen molar-refractivity contribution < 1.29 is 23.9 Å². The molecule has 2 heterocycles. The van der Waals surface area contributed by atoms with Gasteiger partial charge in [0.15, 0.2) is 5.78 Å². The van der Waals surface area contributed by atoms with Crippen LogP contribution in [-0.2, 0) is 19.1 Å². The van der Waals surface area contributed by atoms with Crippen molar-refractivity contribution in [3.05, 3.63) is 74.8 Å². The minimum Gasteiger partial charge on any atom is -0.460 e. The van der Waals surface area contributed by atoms with Gasteiger partial charge in [-0.05, 0) is 56.3 Å². The SMILES string of the molecule is CC(=O)Oc1ccc([C@@H]2C(C(=O)OC(C)C)=C(C)NC3=C2C(=O)C[C@@H](c2cccs2)C3)cc1. The van der Waals surface area contributed by atoms with E-state index in [1.807, 2.05) is 18.4 Å². The summed E-state index contributed by atoms with van der Waals surface area (Å²) in [4.78, 5) is 39.1. The molecular formula is C26H27NO5S. The van der Waals surface area contributed by atoms with Gasteiger partial charge in [0.05, 0.1) is 11.7 Å². The number of carbonyl (C=O) groups is 3. The number of dihydropyridines is 1. The van der Waals surface area contributed by atoms with E-state index < -0.39 is 17.9 Å². The van der Waals surface area contributed by atoms with Crippen LogP contribution < -0.4 is 10.1 Å². The average molecular weight is 466 g/mol. The maximum Gasteiger partial charge on any atom is 0.337 e. The molecule has 1 N–H and O–H groups in total. The number of carbonyl (C=O) groups excluding carboxylic acids is 3. The van der Waals surface area contributed by atoms with Gasteiger partial charge in [-0.1, -0.05) is 18.2 Å². The number of Topliss-reactive ketones (excluding diaryl/α,β-unsaturated/α-hetero) is 1. The number of hydrogen-bond donors (Lipinski definition) is 1. The summed E-state index contributed by atoms with van der Waals surface area (Å²) in [7, 11) is 0. The van der Waals surface area contributed by atoms with Gasteiger partial charge in [0, 0.05) is 47.0 Å². The molecule has 0 amide bonds. The molecule has 4 rings (SSSR count). The summed E-state index contributed by atoms with van der Waals surface area (Å²) in [5.74, 6) is -0.839. The fourth-order valence-corrected chi connectivity index (χ4v) is 5.37. The molecule has 0 bridgehead atoms. The molecule has 33 heavy (non-hydrogen) atoms. The molecule has 1 aliphatic heterocycles. The molecule has 2 aliphatic rings. The van der Waals surface area contributed by atoms with Crippen LogP contribution in [0.5, 0.6) is 5.75 Å². The third-order valence-corrected chi connectivity index (χ3v) is 6.85. The zero-order valence-electron chi connectivity index (χ0n) is 19.1. The summed E-state index contributed by atoms with van der Waals surface area (Å²) < 4.78 is 10.7. The van der Waals surface area contributed by atoms with Gasteiger partial charge in [-0.2, -0.15) is 0 Å². The summed E-state index contributed by atoms with van der Waals surface area (Å²) >= 11 is 1.66. The van der Waals surface area contributed by atoms with Crippen LogP contribution in [0.2, 0.25) is 0 Å². The molecule has 0 saturated carbocycles. The van der Waals surface area contributed by atoms with E-state index in [1.165, 1.54) is 11.8 Å². The number of nitrogens with one attached hydrogen (secondary N) is 1. The van der Waals surface area contributed by atoms with Crippen molar-refractivity contribution in [2.45, 2.75) is 58.5 Å². The number of rotatable bonds is 5. The number of esters is 2. The monoisotopic (exact) mass is 465 g/mol. The first-order valence-corrected chi connectivity index (χ1v) is 11.9. The van der Waals surface area contributed by atoms with Crippen LogP contribution in [0.3, 0.4) is 0 Å². The van der Waals surface area contributed by atoms with E-state index >= 15 is 0 Å². The molecule has 0 saturated heterocycles. The fraction of sp³-hybridized carbons (Fsp3) is 0.346. The molecule has 2 aromatic rings. The van der Waals surface area contributed by atoms with E-state index in [0.29, 0.717) is 35.4 Å². The third kappa shape index (κ3) is 4.78. The number of allylic oxidation sites excluding steroid dienone is 3. The van der Waals surface area contributed by atoms with Crippen LogP contribution in [0.25, 0.3) is 0 Å². The second kappa shape index (κ2) is 9.35. The van der Waals surface area contributed by atoms with Crippen LogP contribution in [0.4, 0.5) is 0 Å². The lowest BCUT2D eigenvalue weighted by Gasteiger charge is -2.36. The summed E-state index contributed by atoms with van der Waals surface area (Å²) in [6.45, 7) is 6.79. The van der Waals surface area contributed by atoms with Crippen molar-refractivity contribution in [1.29, 1.82) is 0 Å². The minimum absolute atomic E-state index is 0.0264. The highest BCUT2D eigenvalue weighted by atomic mass is 32.1. The summed E-state index contributed by atoms with van der Waals surface area (Å²) in [5.41, 5.74) is 3.37. The lowest BCUT2D eigenvalue weighted by molar-refractivity contribution is -0.143. The summed E-state index contributed by atoms with van der Waals surface area (Å²) in [6, 6.07) is 11.0. The molecule has 6 nitrogen and oxygen atoms in total. The highest BCUT2D eigenvalue weighted by Crippen LogP contribution is 2.46. The molecule has 0 radical (unpaired) electrons. The Kier molecular flexibility index (Phi) is 6.51. The molecule has 1 aliphatic carbocycles.